The second-order valence-electron chi connectivity index (χ2n) is 4.99. The summed E-state index contributed by atoms with van der Waals surface area (Å²) in [5, 5.41) is 24.9. The molecule has 1 heterocycles. The van der Waals surface area contributed by atoms with Crippen molar-refractivity contribution in [2.45, 2.75) is 26.4 Å². The van der Waals surface area contributed by atoms with Crippen LogP contribution < -0.4 is 5.32 Å². The van der Waals surface area contributed by atoms with E-state index in [9.17, 15) is 4.79 Å². The molecule has 7 heteroatoms. The second kappa shape index (κ2) is 6.50. The summed E-state index contributed by atoms with van der Waals surface area (Å²) in [5.74, 6) is 0. The molecule has 0 fully saturated rings. The molecule has 1 amide bonds. The van der Waals surface area contributed by atoms with Crippen molar-refractivity contribution in [1.82, 2.24) is 15.1 Å². The number of carboxylic acid groups (broad SMARTS) is 1. The van der Waals surface area contributed by atoms with Crippen LogP contribution in [0.3, 0.4) is 0 Å². The van der Waals surface area contributed by atoms with Gasteiger partial charge in [-0.15, -0.1) is 0 Å². The molecule has 114 valence electrons. The maximum atomic E-state index is 10.6. The van der Waals surface area contributed by atoms with Crippen LogP contribution in [0.25, 0.3) is 11.3 Å². The molecule has 22 heavy (non-hydrogen) atoms. The Balaban J connectivity index is 2.24. The largest absolute Gasteiger partial charge is 0.465 e. The first-order valence-electron chi connectivity index (χ1n) is 6.65. The number of hydrogen-bond acceptors (Lipinski definition) is 3. The van der Waals surface area contributed by atoms with Crippen LogP contribution >= 0.6 is 11.6 Å². The fraction of sp³-hybridized carbons (Fsp3) is 0.267. The first kappa shape index (κ1) is 15.9. The van der Waals surface area contributed by atoms with E-state index < -0.39 is 6.09 Å². The van der Waals surface area contributed by atoms with Crippen LogP contribution in [0, 0.1) is 18.3 Å². The molecule has 2 rings (SSSR count). The number of carbonyl (C=O) groups is 1. The van der Waals surface area contributed by atoms with Crippen molar-refractivity contribution < 1.29 is 9.90 Å². The molecule has 2 N–H and O–H groups in total. The molecule has 0 aliphatic heterocycles. The van der Waals surface area contributed by atoms with E-state index in [0.717, 1.165) is 16.8 Å². The van der Waals surface area contributed by atoms with Gasteiger partial charge < -0.3 is 10.4 Å². The lowest BCUT2D eigenvalue weighted by atomic mass is 10.0. The molecule has 0 saturated heterocycles. The molecule has 2 aromatic rings. The van der Waals surface area contributed by atoms with Crippen molar-refractivity contribution in [3.05, 3.63) is 40.5 Å². The standard InChI is InChI=1S/C15H15ClN4O2/c1-9(18-15(21)22)8-20-6-5-13(19-20)12-4-3-11(7-17)14(16)10(12)2/h3-6,9,18H,8H2,1-2H3,(H,21,22). The van der Waals surface area contributed by atoms with Gasteiger partial charge in [-0.05, 0) is 31.5 Å². The molecule has 1 atom stereocenters. The molecular formula is C15H15ClN4O2. The number of rotatable bonds is 4. The van der Waals surface area contributed by atoms with Crippen LogP contribution in [0.5, 0.6) is 0 Å². The zero-order valence-electron chi connectivity index (χ0n) is 12.2. The summed E-state index contributed by atoms with van der Waals surface area (Å²) in [5.41, 5.74) is 2.80. The Kier molecular flexibility index (Phi) is 4.68. The van der Waals surface area contributed by atoms with Gasteiger partial charge in [0.15, 0.2) is 0 Å². The van der Waals surface area contributed by atoms with Crippen LogP contribution in [0.4, 0.5) is 4.79 Å². The van der Waals surface area contributed by atoms with Crippen molar-refractivity contribution in [2.24, 2.45) is 0 Å². The molecule has 0 saturated carbocycles. The summed E-state index contributed by atoms with van der Waals surface area (Å²) in [6.45, 7) is 4.03. The monoisotopic (exact) mass is 318 g/mol. The lowest BCUT2D eigenvalue weighted by Gasteiger charge is -2.11. The highest BCUT2D eigenvalue weighted by atomic mass is 35.5. The molecule has 0 bridgehead atoms. The van der Waals surface area contributed by atoms with Gasteiger partial charge in [-0.1, -0.05) is 17.7 Å². The molecule has 0 aliphatic carbocycles. The minimum atomic E-state index is -1.06. The maximum Gasteiger partial charge on any atom is 0.404 e. The van der Waals surface area contributed by atoms with Gasteiger partial charge in [0.05, 0.1) is 22.8 Å². The van der Waals surface area contributed by atoms with E-state index in [0.29, 0.717) is 17.1 Å². The second-order valence-corrected chi connectivity index (χ2v) is 5.36. The summed E-state index contributed by atoms with van der Waals surface area (Å²) in [6, 6.07) is 7.10. The van der Waals surface area contributed by atoms with E-state index in [4.69, 9.17) is 22.0 Å². The average Bonchev–Trinajstić information content (AvgIpc) is 2.89. The van der Waals surface area contributed by atoms with Gasteiger partial charge in [-0.2, -0.15) is 10.4 Å². The van der Waals surface area contributed by atoms with Crippen molar-refractivity contribution in [1.29, 1.82) is 5.26 Å². The third-order valence-corrected chi connectivity index (χ3v) is 3.74. The van der Waals surface area contributed by atoms with E-state index in [1.165, 1.54) is 0 Å². The summed E-state index contributed by atoms with van der Waals surface area (Å²) in [4.78, 5) is 10.6. The zero-order chi connectivity index (χ0) is 16.3. The Bertz CT molecular complexity index is 748. The van der Waals surface area contributed by atoms with Crippen molar-refractivity contribution in [3.8, 4) is 17.3 Å². The molecule has 0 radical (unpaired) electrons. The van der Waals surface area contributed by atoms with Crippen LogP contribution in [-0.2, 0) is 6.54 Å². The Morgan fingerprint density at radius 1 is 1.55 bits per heavy atom. The highest BCUT2D eigenvalue weighted by Crippen LogP contribution is 2.29. The molecule has 1 unspecified atom stereocenters. The minimum absolute atomic E-state index is 0.254. The first-order valence-corrected chi connectivity index (χ1v) is 7.02. The average molecular weight is 319 g/mol. The van der Waals surface area contributed by atoms with Crippen LogP contribution in [0.2, 0.25) is 5.02 Å². The smallest absolute Gasteiger partial charge is 0.404 e. The van der Waals surface area contributed by atoms with Crippen LogP contribution in [-0.4, -0.2) is 27.0 Å². The summed E-state index contributed by atoms with van der Waals surface area (Å²) in [6.07, 6.45) is 0.718. The molecular weight excluding hydrogens is 304 g/mol. The molecule has 1 aromatic heterocycles. The third kappa shape index (κ3) is 3.38. The van der Waals surface area contributed by atoms with Gasteiger partial charge in [0.2, 0.25) is 0 Å². The number of nitrogens with one attached hydrogen (secondary N) is 1. The van der Waals surface area contributed by atoms with Gasteiger partial charge in [-0.3, -0.25) is 4.68 Å². The Hall–Kier alpha value is -2.52. The highest BCUT2D eigenvalue weighted by Gasteiger charge is 2.13. The van der Waals surface area contributed by atoms with E-state index >= 15 is 0 Å². The normalized spacial score (nSPS) is 11.7. The molecule has 0 spiro atoms. The van der Waals surface area contributed by atoms with E-state index in [1.54, 1.807) is 23.9 Å². The predicted octanol–water partition coefficient (Wildman–Crippen LogP) is 3.04. The van der Waals surface area contributed by atoms with Gasteiger partial charge in [0.25, 0.3) is 0 Å². The third-order valence-electron chi connectivity index (χ3n) is 3.25. The minimum Gasteiger partial charge on any atom is -0.465 e. The Morgan fingerprint density at radius 3 is 2.91 bits per heavy atom. The van der Waals surface area contributed by atoms with Gasteiger partial charge >= 0.3 is 6.09 Å². The summed E-state index contributed by atoms with van der Waals surface area (Å²) in [7, 11) is 0. The van der Waals surface area contributed by atoms with Crippen molar-refractivity contribution >= 4 is 17.7 Å². The lowest BCUT2D eigenvalue weighted by molar-refractivity contribution is 0.189. The zero-order valence-corrected chi connectivity index (χ0v) is 12.9. The van der Waals surface area contributed by atoms with E-state index in [2.05, 4.69) is 10.4 Å². The summed E-state index contributed by atoms with van der Waals surface area (Å²) < 4.78 is 1.67. The van der Waals surface area contributed by atoms with Gasteiger partial charge in [-0.25, -0.2) is 4.79 Å². The van der Waals surface area contributed by atoms with E-state index in [-0.39, 0.29) is 6.04 Å². The Morgan fingerprint density at radius 2 is 2.27 bits per heavy atom. The molecule has 6 nitrogen and oxygen atoms in total. The number of amides is 1. The first-order chi connectivity index (χ1) is 10.4. The number of hydrogen-bond donors (Lipinski definition) is 2. The topological polar surface area (TPSA) is 90.9 Å². The number of nitriles is 1. The number of halogens is 1. The quantitative estimate of drug-likeness (QED) is 0.906. The van der Waals surface area contributed by atoms with Crippen molar-refractivity contribution in [3.63, 3.8) is 0 Å². The van der Waals surface area contributed by atoms with Crippen LogP contribution in [0.1, 0.15) is 18.1 Å². The number of aromatic nitrogens is 2. The summed E-state index contributed by atoms with van der Waals surface area (Å²) >= 11 is 6.16. The number of nitrogens with zero attached hydrogens (tertiary/aromatic N) is 3. The maximum absolute atomic E-state index is 10.6. The van der Waals surface area contributed by atoms with Gasteiger partial charge in [0, 0.05) is 17.8 Å². The Labute approximate surface area is 132 Å². The predicted molar refractivity (Wildman–Crippen MR) is 82.7 cm³/mol. The molecule has 1 aromatic carbocycles. The highest BCUT2D eigenvalue weighted by molar-refractivity contribution is 6.32. The van der Waals surface area contributed by atoms with Gasteiger partial charge in [0.1, 0.15) is 6.07 Å². The number of benzene rings is 1. The van der Waals surface area contributed by atoms with Crippen molar-refractivity contribution in [2.75, 3.05) is 0 Å². The SMILES string of the molecule is Cc1c(-c2ccn(CC(C)NC(=O)O)n2)ccc(C#N)c1Cl. The van der Waals surface area contributed by atoms with E-state index in [1.807, 2.05) is 25.1 Å². The van der Waals surface area contributed by atoms with Crippen LogP contribution in [0.15, 0.2) is 24.4 Å². The fourth-order valence-corrected chi connectivity index (χ4v) is 2.40. The lowest BCUT2D eigenvalue weighted by Crippen LogP contribution is -2.34. The fourth-order valence-electron chi connectivity index (χ4n) is 2.19. The molecule has 0 aliphatic rings.